The van der Waals surface area contributed by atoms with Gasteiger partial charge in [-0.05, 0) is 30.5 Å². The summed E-state index contributed by atoms with van der Waals surface area (Å²) in [4.78, 5) is 4.65. The first-order valence-corrected chi connectivity index (χ1v) is 7.32. The highest BCUT2D eigenvalue weighted by Crippen LogP contribution is 2.34. The highest BCUT2D eigenvalue weighted by molar-refractivity contribution is 6.45. The molecule has 0 aliphatic heterocycles. The predicted octanol–water partition coefficient (Wildman–Crippen LogP) is 5.49. The fourth-order valence-corrected chi connectivity index (χ4v) is 2.31. The number of hydrogen-bond donors (Lipinski definition) is 1. The standard InChI is InChI=1S/C15H18Cl2N2/c1-4-7-18-13-8-12(9(2)3)19-15-10(13)5-6-11(16)14(15)17/h5-6,8-9H,4,7H2,1-3H3,(H,18,19). The van der Waals surface area contributed by atoms with E-state index in [2.05, 4.69) is 37.1 Å². The molecule has 4 heteroatoms. The normalized spacial score (nSPS) is 11.3. The number of fused-ring (bicyclic) bond motifs is 1. The zero-order chi connectivity index (χ0) is 14.0. The van der Waals surface area contributed by atoms with E-state index in [0.717, 1.165) is 35.2 Å². The van der Waals surface area contributed by atoms with Crippen molar-refractivity contribution in [3.8, 4) is 0 Å². The molecule has 0 atom stereocenters. The molecule has 0 aliphatic rings. The third kappa shape index (κ3) is 2.96. The molecule has 1 heterocycles. The first-order chi connectivity index (χ1) is 9.04. The number of aromatic nitrogens is 1. The summed E-state index contributed by atoms with van der Waals surface area (Å²) in [6.07, 6.45) is 1.07. The molecule has 0 saturated heterocycles. The van der Waals surface area contributed by atoms with E-state index < -0.39 is 0 Å². The van der Waals surface area contributed by atoms with E-state index in [9.17, 15) is 0 Å². The van der Waals surface area contributed by atoms with Crippen molar-refractivity contribution >= 4 is 39.8 Å². The summed E-state index contributed by atoms with van der Waals surface area (Å²) in [5, 5.41) is 5.53. The molecule has 19 heavy (non-hydrogen) atoms. The fourth-order valence-electron chi connectivity index (χ4n) is 1.96. The van der Waals surface area contributed by atoms with Crippen LogP contribution in [0, 0.1) is 0 Å². The number of nitrogens with one attached hydrogen (secondary N) is 1. The zero-order valence-electron chi connectivity index (χ0n) is 11.4. The minimum atomic E-state index is 0.349. The lowest BCUT2D eigenvalue weighted by molar-refractivity contribution is 0.829. The van der Waals surface area contributed by atoms with Gasteiger partial charge >= 0.3 is 0 Å². The van der Waals surface area contributed by atoms with Crippen LogP contribution in [0.5, 0.6) is 0 Å². The Hall–Kier alpha value is -0.990. The third-order valence-electron chi connectivity index (χ3n) is 3.05. The minimum absolute atomic E-state index is 0.349. The van der Waals surface area contributed by atoms with Gasteiger partial charge in [0.2, 0.25) is 0 Å². The molecule has 0 amide bonds. The summed E-state index contributed by atoms with van der Waals surface area (Å²) < 4.78 is 0. The van der Waals surface area contributed by atoms with E-state index in [1.807, 2.05) is 12.1 Å². The van der Waals surface area contributed by atoms with Crippen LogP contribution < -0.4 is 5.32 Å². The van der Waals surface area contributed by atoms with Gasteiger partial charge in [0.05, 0.1) is 15.6 Å². The van der Waals surface area contributed by atoms with Crippen molar-refractivity contribution in [3.05, 3.63) is 33.9 Å². The van der Waals surface area contributed by atoms with Gasteiger partial charge in [0.15, 0.2) is 0 Å². The van der Waals surface area contributed by atoms with Crippen LogP contribution in [-0.2, 0) is 0 Å². The summed E-state index contributed by atoms with van der Waals surface area (Å²) in [6.45, 7) is 7.31. The molecule has 1 N–H and O–H groups in total. The number of hydrogen-bond acceptors (Lipinski definition) is 2. The lowest BCUT2D eigenvalue weighted by Crippen LogP contribution is -2.03. The second-order valence-electron chi connectivity index (χ2n) is 4.93. The average molecular weight is 297 g/mol. The molecule has 0 saturated carbocycles. The van der Waals surface area contributed by atoms with Gasteiger partial charge in [-0.25, -0.2) is 0 Å². The van der Waals surface area contributed by atoms with Crippen molar-refractivity contribution in [2.45, 2.75) is 33.1 Å². The number of rotatable bonds is 4. The summed E-state index contributed by atoms with van der Waals surface area (Å²) in [5.74, 6) is 0.349. The molecule has 102 valence electrons. The van der Waals surface area contributed by atoms with Gasteiger partial charge in [0.1, 0.15) is 0 Å². The Morgan fingerprint density at radius 1 is 1.26 bits per heavy atom. The molecule has 0 fully saturated rings. The second kappa shape index (κ2) is 5.98. The fraction of sp³-hybridized carbons (Fsp3) is 0.400. The second-order valence-corrected chi connectivity index (χ2v) is 5.72. The topological polar surface area (TPSA) is 24.9 Å². The lowest BCUT2D eigenvalue weighted by Gasteiger charge is -2.14. The van der Waals surface area contributed by atoms with Crippen molar-refractivity contribution in [1.82, 2.24) is 4.98 Å². The van der Waals surface area contributed by atoms with E-state index in [4.69, 9.17) is 23.2 Å². The van der Waals surface area contributed by atoms with E-state index in [1.54, 1.807) is 0 Å². The molecule has 0 aliphatic carbocycles. The number of anilines is 1. The van der Waals surface area contributed by atoms with Crippen LogP contribution in [0.25, 0.3) is 10.9 Å². The monoisotopic (exact) mass is 296 g/mol. The average Bonchev–Trinajstić information content (AvgIpc) is 2.40. The molecule has 2 rings (SSSR count). The summed E-state index contributed by atoms with van der Waals surface area (Å²) in [6, 6.07) is 5.89. The van der Waals surface area contributed by atoms with Gasteiger partial charge in [-0.2, -0.15) is 0 Å². The van der Waals surface area contributed by atoms with E-state index >= 15 is 0 Å². The number of pyridine rings is 1. The maximum atomic E-state index is 6.29. The van der Waals surface area contributed by atoms with E-state index in [0.29, 0.717) is 16.0 Å². The van der Waals surface area contributed by atoms with Crippen LogP contribution in [0.3, 0.4) is 0 Å². The van der Waals surface area contributed by atoms with Crippen molar-refractivity contribution in [2.75, 3.05) is 11.9 Å². The van der Waals surface area contributed by atoms with Crippen LogP contribution in [0.4, 0.5) is 5.69 Å². The van der Waals surface area contributed by atoms with Gasteiger partial charge in [-0.15, -0.1) is 0 Å². The lowest BCUT2D eigenvalue weighted by atomic mass is 10.1. The number of benzene rings is 1. The van der Waals surface area contributed by atoms with Crippen molar-refractivity contribution in [3.63, 3.8) is 0 Å². The quantitative estimate of drug-likeness (QED) is 0.807. The summed E-state index contributed by atoms with van der Waals surface area (Å²) in [5.41, 5.74) is 2.88. The van der Waals surface area contributed by atoms with Gasteiger partial charge in [0.25, 0.3) is 0 Å². The molecule has 0 spiro atoms. The largest absolute Gasteiger partial charge is 0.384 e. The Morgan fingerprint density at radius 2 is 2.00 bits per heavy atom. The van der Waals surface area contributed by atoms with Crippen molar-refractivity contribution in [2.24, 2.45) is 0 Å². The Kier molecular flexibility index (Phi) is 4.54. The smallest absolute Gasteiger partial charge is 0.0927 e. The maximum absolute atomic E-state index is 6.29. The molecule has 1 aromatic carbocycles. The summed E-state index contributed by atoms with van der Waals surface area (Å²) in [7, 11) is 0. The molecule has 0 unspecified atom stereocenters. The van der Waals surface area contributed by atoms with Crippen LogP contribution >= 0.6 is 23.2 Å². The molecular weight excluding hydrogens is 279 g/mol. The SMILES string of the molecule is CCCNc1cc(C(C)C)nc2c(Cl)c(Cl)ccc12. The van der Waals surface area contributed by atoms with Crippen LogP contribution in [-0.4, -0.2) is 11.5 Å². The Morgan fingerprint density at radius 3 is 2.63 bits per heavy atom. The Labute approximate surface area is 124 Å². The first-order valence-electron chi connectivity index (χ1n) is 6.57. The van der Waals surface area contributed by atoms with Gasteiger partial charge < -0.3 is 5.32 Å². The van der Waals surface area contributed by atoms with Crippen molar-refractivity contribution < 1.29 is 0 Å². The molecule has 2 aromatic rings. The molecule has 0 bridgehead atoms. The van der Waals surface area contributed by atoms with Gasteiger partial charge in [-0.1, -0.05) is 44.0 Å². The predicted molar refractivity (Wildman–Crippen MR) is 84.6 cm³/mol. The minimum Gasteiger partial charge on any atom is -0.384 e. The Balaban J connectivity index is 2.67. The van der Waals surface area contributed by atoms with Gasteiger partial charge in [-0.3, -0.25) is 4.98 Å². The van der Waals surface area contributed by atoms with E-state index in [-0.39, 0.29) is 0 Å². The van der Waals surface area contributed by atoms with Crippen molar-refractivity contribution in [1.29, 1.82) is 0 Å². The van der Waals surface area contributed by atoms with E-state index in [1.165, 1.54) is 0 Å². The first kappa shape index (κ1) is 14.4. The summed E-state index contributed by atoms with van der Waals surface area (Å²) >= 11 is 12.4. The van der Waals surface area contributed by atoms with Crippen LogP contribution in [0.2, 0.25) is 10.0 Å². The Bertz CT molecular complexity index is 594. The third-order valence-corrected chi connectivity index (χ3v) is 3.84. The molecule has 2 nitrogen and oxygen atoms in total. The highest BCUT2D eigenvalue weighted by atomic mass is 35.5. The molecule has 0 radical (unpaired) electrons. The molecular formula is C15H18Cl2N2. The highest BCUT2D eigenvalue weighted by Gasteiger charge is 2.12. The maximum Gasteiger partial charge on any atom is 0.0927 e. The molecule has 1 aromatic heterocycles. The van der Waals surface area contributed by atoms with Crippen LogP contribution in [0.1, 0.15) is 38.8 Å². The number of nitrogens with zero attached hydrogens (tertiary/aromatic N) is 1. The van der Waals surface area contributed by atoms with Crippen LogP contribution in [0.15, 0.2) is 18.2 Å². The zero-order valence-corrected chi connectivity index (χ0v) is 12.9. The van der Waals surface area contributed by atoms with Gasteiger partial charge in [0, 0.05) is 23.3 Å². The number of halogens is 2.